The standard InChI is InChI=1S/C20H26N4O/c1-16-6-8-17(9-7-16)22-20(2,3)19(25)24-13-11-23(12-14-24)18-5-4-10-21-15-18/h4-10,15,22H,11-14H2,1-3H3. The minimum Gasteiger partial charge on any atom is -0.372 e. The van der Waals surface area contributed by atoms with Crippen molar-refractivity contribution in [2.24, 2.45) is 0 Å². The van der Waals surface area contributed by atoms with E-state index in [0.717, 1.165) is 37.6 Å². The number of hydrogen-bond donors (Lipinski definition) is 1. The van der Waals surface area contributed by atoms with E-state index in [4.69, 9.17) is 0 Å². The number of anilines is 2. The zero-order chi connectivity index (χ0) is 17.9. The second-order valence-electron chi connectivity index (χ2n) is 7.11. The van der Waals surface area contributed by atoms with Crippen LogP contribution in [0.5, 0.6) is 0 Å². The number of piperazine rings is 1. The van der Waals surface area contributed by atoms with Gasteiger partial charge >= 0.3 is 0 Å². The lowest BCUT2D eigenvalue weighted by Crippen LogP contribution is -2.56. The van der Waals surface area contributed by atoms with Gasteiger partial charge in [-0.2, -0.15) is 0 Å². The molecule has 5 heteroatoms. The van der Waals surface area contributed by atoms with Crippen LogP contribution in [0.1, 0.15) is 19.4 Å². The van der Waals surface area contributed by atoms with Crippen molar-refractivity contribution in [2.45, 2.75) is 26.3 Å². The fraction of sp³-hybridized carbons (Fsp3) is 0.400. The Kier molecular flexibility index (Phi) is 4.93. The fourth-order valence-electron chi connectivity index (χ4n) is 3.16. The van der Waals surface area contributed by atoms with E-state index in [1.165, 1.54) is 5.56 Å². The summed E-state index contributed by atoms with van der Waals surface area (Å²) in [6.45, 7) is 9.07. The normalized spacial score (nSPS) is 15.2. The van der Waals surface area contributed by atoms with E-state index in [-0.39, 0.29) is 5.91 Å². The first-order valence-corrected chi connectivity index (χ1v) is 8.75. The summed E-state index contributed by atoms with van der Waals surface area (Å²) in [5.74, 6) is 0.138. The molecule has 0 spiro atoms. The largest absolute Gasteiger partial charge is 0.372 e. The molecule has 25 heavy (non-hydrogen) atoms. The Morgan fingerprint density at radius 3 is 2.36 bits per heavy atom. The van der Waals surface area contributed by atoms with Crippen LogP contribution in [0.3, 0.4) is 0 Å². The molecule has 1 fully saturated rings. The molecule has 1 aromatic carbocycles. The van der Waals surface area contributed by atoms with Crippen LogP contribution in [-0.4, -0.2) is 47.5 Å². The highest BCUT2D eigenvalue weighted by Gasteiger charge is 2.33. The molecule has 2 aromatic rings. The van der Waals surface area contributed by atoms with Gasteiger partial charge in [-0.15, -0.1) is 0 Å². The summed E-state index contributed by atoms with van der Waals surface area (Å²) in [5.41, 5.74) is 2.66. The zero-order valence-electron chi connectivity index (χ0n) is 15.2. The maximum Gasteiger partial charge on any atom is 0.247 e. The first-order chi connectivity index (χ1) is 12.0. The highest BCUT2D eigenvalue weighted by molar-refractivity contribution is 5.88. The predicted molar refractivity (Wildman–Crippen MR) is 102 cm³/mol. The van der Waals surface area contributed by atoms with Crippen molar-refractivity contribution >= 4 is 17.3 Å². The lowest BCUT2D eigenvalue weighted by atomic mass is 10.0. The third kappa shape index (κ3) is 4.10. The van der Waals surface area contributed by atoms with Crippen molar-refractivity contribution in [2.75, 3.05) is 36.4 Å². The molecule has 0 saturated carbocycles. The number of nitrogens with one attached hydrogen (secondary N) is 1. The van der Waals surface area contributed by atoms with Gasteiger partial charge < -0.3 is 15.1 Å². The van der Waals surface area contributed by atoms with Crippen LogP contribution in [0, 0.1) is 6.92 Å². The summed E-state index contributed by atoms with van der Waals surface area (Å²) in [4.78, 5) is 21.4. The van der Waals surface area contributed by atoms with Gasteiger partial charge in [0.1, 0.15) is 5.54 Å². The summed E-state index contributed by atoms with van der Waals surface area (Å²) in [7, 11) is 0. The molecule has 5 nitrogen and oxygen atoms in total. The number of rotatable bonds is 4. The summed E-state index contributed by atoms with van der Waals surface area (Å²) in [6.07, 6.45) is 3.66. The van der Waals surface area contributed by atoms with Crippen molar-refractivity contribution in [1.82, 2.24) is 9.88 Å². The Morgan fingerprint density at radius 1 is 1.08 bits per heavy atom. The maximum absolute atomic E-state index is 13.0. The van der Waals surface area contributed by atoms with Crippen LogP contribution in [0.4, 0.5) is 11.4 Å². The van der Waals surface area contributed by atoms with E-state index < -0.39 is 5.54 Å². The minimum absolute atomic E-state index is 0.138. The summed E-state index contributed by atoms with van der Waals surface area (Å²) in [6, 6.07) is 12.1. The molecule has 0 radical (unpaired) electrons. The van der Waals surface area contributed by atoms with E-state index in [0.29, 0.717) is 0 Å². The van der Waals surface area contributed by atoms with Crippen molar-refractivity contribution < 1.29 is 4.79 Å². The van der Waals surface area contributed by atoms with Gasteiger partial charge in [0.05, 0.1) is 11.9 Å². The number of aryl methyl sites for hydroxylation is 1. The monoisotopic (exact) mass is 338 g/mol. The van der Waals surface area contributed by atoms with Crippen LogP contribution in [0.2, 0.25) is 0 Å². The van der Waals surface area contributed by atoms with Gasteiger partial charge in [-0.25, -0.2) is 0 Å². The van der Waals surface area contributed by atoms with Gasteiger partial charge in [0.15, 0.2) is 0 Å². The van der Waals surface area contributed by atoms with Gasteiger partial charge in [-0.3, -0.25) is 9.78 Å². The molecular formula is C20H26N4O. The fourth-order valence-corrected chi connectivity index (χ4v) is 3.16. The minimum atomic E-state index is -0.633. The summed E-state index contributed by atoms with van der Waals surface area (Å²) < 4.78 is 0. The predicted octanol–water partition coefficient (Wildman–Crippen LogP) is 2.93. The molecule has 0 bridgehead atoms. The number of aromatic nitrogens is 1. The topological polar surface area (TPSA) is 48.5 Å². The quantitative estimate of drug-likeness (QED) is 0.931. The average molecular weight is 338 g/mol. The van der Waals surface area contributed by atoms with Crippen molar-refractivity contribution in [3.05, 3.63) is 54.4 Å². The number of amides is 1. The summed E-state index contributed by atoms with van der Waals surface area (Å²) in [5, 5.41) is 3.37. The van der Waals surface area contributed by atoms with Crippen molar-refractivity contribution in [3.63, 3.8) is 0 Å². The van der Waals surface area contributed by atoms with Gasteiger partial charge in [-0.1, -0.05) is 17.7 Å². The van der Waals surface area contributed by atoms with Gasteiger partial charge in [0.25, 0.3) is 0 Å². The van der Waals surface area contributed by atoms with Crippen LogP contribution < -0.4 is 10.2 Å². The third-order valence-electron chi connectivity index (χ3n) is 4.62. The Hall–Kier alpha value is -2.56. The second-order valence-corrected chi connectivity index (χ2v) is 7.11. The Bertz CT molecular complexity index is 704. The number of benzene rings is 1. The molecule has 1 amide bonds. The molecule has 0 unspecified atom stereocenters. The Balaban J connectivity index is 1.60. The Morgan fingerprint density at radius 2 is 1.76 bits per heavy atom. The SMILES string of the molecule is Cc1ccc(NC(C)(C)C(=O)N2CCN(c3cccnc3)CC2)cc1. The van der Waals surface area contributed by atoms with E-state index in [2.05, 4.69) is 40.3 Å². The molecule has 1 aromatic heterocycles. The van der Waals surface area contributed by atoms with Crippen molar-refractivity contribution in [3.8, 4) is 0 Å². The van der Waals surface area contributed by atoms with E-state index in [9.17, 15) is 4.79 Å². The first kappa shape index (κ1) is 17.3. The first-order valence-electron chi connectivity index (χ1n) is 8.75. The number of carbonyl (C=O) groups is 1. The molecule has 1 aliphatic heterocycles. The van der Waals surface area contributed by atoms with E-state index >= 15 is 0 Å². The van der Waals surface area contributed by atoms with E-state index in [1.807, 2.05) is 43.1 Å². The summed E-state index contributed by atoms with van der Waals surface area (Å²) >= 11 is 0. The van der Waals surface area contributed by atoms with Gasteiger partial charge in [-0.05, 0) is 45.0 Å². The molecular weight excluding hydrogens is 312 g/mol. The molecule has 2 heterocycles. The maximum atomic E-state index is 13.0. The Labute approximate surface area is 149 Å². The lowest BCUT2D eigenvalue weighted by Gasteiger charge is -2.39. The lowest BCUT2D eigenvalue weighted by molar-refractivity contribution is -0.135. The second kappa shape index (κ2) is 7.13. The molecule has 3 rings (SSSR count). The zero-order valence-corrected chi connectivity index (χ0v) is 15.2. The smallest absolute Gasteiger partial charge is 0.247 e. The van der Waals surface area contributed by atoms with Crippen LogP contribution in [-0.2, 0) is 4.79 Å². The third-order valence-corrected chi connectivity index (χ3v) is 4.62. The van der Waals surface area contributed by atoms with Crippen LogP contribution in [0.25, 0.3) is 0 Å². The van der Waals surface area contributed by atoms with Crippen molar-refractivity contribution in [1.29, 1.82) is 0 Å². The molecule has 132 valence electrons. The molecule has 0 aliphatic carbocycles. The highest BCUT2D eigenvalue weighted by Crippen LogP contribution is 2.20. The molecule has 0 atom stereocenters. The van der Waals surface area contributed by atoms with Gasteiger partial charge in [0, 0.05) is 38.1 Å². The number of carbonyl (C=O) groups excluding carboxylic acids is 1. The van der Waals surface area contributed by atoms with Gasteiger partial charge in [0.2, 0.25) is 5.91 Å². The average Bonchev–Trinajstić information content (AvgIpc) is 2.64. The number of nitrogens with zero attached hydrogens (tertiary/aromatic N) is 3. The molecule has 1 N–H and O–H groups in total. The van der Waals surface area contributed by atoms with E-state index in [1.54, 1.807) is 6.20 Å². The highest BCUT2D eigenvalue weighted by atomic mass is 16.2. The van der Waals surface area contributed by atoms with Crippen LogP contribution in [0.15, 0.2) is 48.8 Å². The molecule has 1 saturated heterocycles. The number of hydrogen-bond acceptors (Lipinski definition) is 4. The number of pyridine rings is 1. The molecule has 1 aliphatic rings. The van der Waals surface area contributed by atoms with Crippen LogP contribution >= 0.6 is 0 Å².